The molecule has 1 aliphatic rings. The Labute approximate surface area is 181 Å². The molecule has 0 saturated heterocycles. The monoisotopic (exact) mass is 416 g/mol. The van der Waals surface area contributed by atoms with Gasteiger partial charge in [-0.25, -0.2) is 4.39 Å². The molecule has 4 rings (SSSR count). The number of rotatable bonds is 4. The minimum atomic E-state index is -0.324. The lowest BCUT2D eigenvalue weighted by Crippen LogP contribution is -2.47. The molecule has 2 amide bonds. The van der Waals surface area contributed by atoms with Crippen LogP contribution in [0.4, 0.5) is 15.8 Å². The number of carbonyl (C=O) groups is 2. The molecular weight excluding hydrogens is 391 g/mol. The van der Waals surface area contributed by atoms with Crippen LogP contribution < -0.4 is 9.80 Å². The van der Waals surface area contributed by atoms with Crippen LogP contribution in [0.3, 0.4) is 0 Å². The molecule has 0 aliphatic carbocycles. The summed E-state index contributed by atoms with van der Waals surface area (Å²) in [5, 5.41) is 0. The predicted octanol–water partition coefficient (Wildman–Crippen LogP) is 5.29. The van der Waals surface area contributed by atoms with Crippen LogP contribution in [0.5, 0.6) is 0 Å². The summed E-state index contributed by atoms with van der Waals surface area (Å²) in [6.07, 6.45) is 0.791. The first kappa shape index (κ1) is 20.8. The van der Waals surface area contributed by atoms with Crippen molar-refractivity contribution in [3.05, 3.63) is 95.8 Å². The van der Waals surface area contributed by atoms with Gasteiger partial charge in [0.15, 0.2) is 0 Å². The highest BCUT2D eigenvalue weighted by Gasteiger charge is 2.37. The Bertz CT molecular complexity index is 1080. The summed E-state index contributed by atoms with van der Waals surface area (Å²) in [5.41, 5.74) is 3.36. The Hall–Kier alpha value is -3.47. The van der Waals surface area contributed by atoms with Crippen LogP contribution in [0.15, 0.2) is 78.9 Å². The van der Waals surface area contributed by atoms with Crippen molar-refractivity contribution in [2.45, 2.75) is 38.8 Å². The van der Waals surface area contributed by atoms with Crippen molar-refractivity contribution in [3.63, 3.8) is 0 Å². The minimum Gasteiger partial charge on any atom is -0.309 e. The van der Waals surface area contributed by atoms with Crippen LogP contribution in [0, 0.1) is 5.82 Å². The van der Waals surface area contributed by atoms with Crippen molar-refractivity contribution < 1.29 is 14.0 Å². The Morgan fingerprint density at radius 2 is 1.61 bits per heavy atom. The molecule has 0 radical (unpaired) electrons. The van der Waals surface area contributed by atoms with Crippen LogP contribution in [0.2, 0.25) is 0 Å². The molecule has 31 heavy (non-hydrogen) atoms. The second kappa shape index (κ2) is 8.72. The molecule has 5 heteroatoms. The fourth-order valence-corrected chi connectivity index (χ4v) is 4.45. The summed E-state index contributed by atoms with van der Waals surface area (Å²) in [7, 11) is 0. The number of para-hydroxylation sites is 2. The van der Waals surface area contributed by atoms with Gasteiger partial charge in [0.1, 0.15) is 5.82 Å². The van der Waals surface area contributed by atoms with E-state index in [1.807, 2.05) is 66.4 Å². The molecule has 1 heterocycles. The molecule has 0 N–H and O–H groups in total. The number of amides is 2. The third-order valence-corrected chi connectivity index (χ3v) is 5.78. The van der Waals surface area contributed by atoms with E-state index in [1.165, 1.54) is 12.1 Å². The fourth-order valence-electron chi connectivity index (χ4n) is 4.45. The summed E-state index contributed by atoms with van der Waals surface area (Å²) in [6.45, 7) is 3.58. The first-order valence-corrected chi connectivity index (χ1v) is 10.5. The molecule has 0 fully saturated rings. The Morgan fingerprint density at radius 1 is 0.968 bits per heavy atom. The largest absolute Gasteiger partial charge is 0.309 e. The van der Waals surface area contributed by atoms with Gasteiger partial charge in [-0.05, 0) is 54.8 Å². The SMILES string of the molecule is CC(=O)N1c2ccccc2C(N(C(=O)Cc2ccc(F)cc2)c2ccccc2)CC1C. The molecule has 1 aliphatic heterocycles. The smallest absolute Gasteiger partial charge is 0.231 e. The number of carbonyl (C=O) groups excluding carboxylic acids is 2. The van der Waals surface area contributed by atoms with Crippen molar-refractivity contribution >= 4 is 23.2 Å². The van der Waals surface area contributed by atoms with E-state index in [0.29, 0.717) is 6.42 Å². The maximum Gasteiger partial charge on any atom is 0.231 e. The molecule has 3 aromatic carbocycles. The summed E-state index contributed by atoms with van der Waals surface area (Å²) in [5.74, 6) is -0.404. The molecule has 4 nitrogen and oxygen atoms in total. The lowest BCUT2D eigenvalue weighted by atomic mass is 9.89. The van der Waals surface area contributed by atoms with E-state index < -0.39 is 0 Å². The Kier molecular flexibility index (Phi) is 5.85. The first-order chi connectivity index (χ1) is 15.0. The van der Waals surface area contributed by atoms with Crippen LogP contribution in [-0.4, -0.2) is 17.9 Å². The third-order valence-electron chi connectivity index (χ3n) is 5.78. The van der Waals surface area contributed by atoms with Gasteiger partial charge in [0, 0.05) is 24.3 Å². The Balaban J connectivity index is 1.77. The van der Waals surface area contributed by atoms with E-state index in [0.717, 1.165) is 22.5 Å². The maximum atomic E-state index is 13.6. The van der Waals surface area contributed by atoms with E-state index in [1.54, 1.807) is 24.0 Å². The molecule has 3 aromatic rings. The number of hydrogen-bond donors (Lipinski definition) is 0. The molecule has 0 spiro atoms. The summed E-state index contributed by atoms with van der Waals surface area (Å²) >= 11 is 0. The lowest BCUT2D eigenvalue weighted by molar-refractivity contribution is -0.118. The molecule has 158 valence electrons. The second-order valence-electron chi connectivity index (χ2n) is 7.95. The van der Waals surface area contributed by atoms with Crippen LogP contribution in [0.1, 0.15) is 37.4 Å². The third kappa shape index (κ3) is 4.22. The molecule has 0 saturated carbocycles. The van der Waals surface area contributed by atoms with Crippen LogP contribution in [0.25, 0.3) is 0 Å². The topological polar surface area (TPSA) is 40.6 Å². The number of hydrogen-bond acceptors (Lipinski definition) is 2. The number of nitrogens with zero attached hydrogens (tertiary/aromatic N) is 2. The van der Waals surface area contributed by atoms with Gasteiger partial charge in [-0.1, -0.05) is 48.5 Å². The predicted molar refractivity (Wildman–Crippen MR) is 120 cm³/mol. The standard InChI is InChI=1S/C26H25FN2O2/c1-18-16-25(23-10-6-7-11-24(23)28(18)19(2)30)29(22-8-4-3-5-9-22)26(31)17-20-12-14-21(27)15-13-20/h3-15,18,25H,16-17H2,1-2H3. The average Bonchev–Trinajstić information content (AvgIpc) is 2.76. The highest BCUT2D eigenvalue weighted by atomic mass is 19.1. The van der Waals surface area contributed by atoms with Gasteiger partial charge in [-0.3, -0.25) is 9.59 Å². The van der Waals surface area contributed by atoms with E-state index in [-0.39, 0.29) is 36.1 Å². The van der Waals surface area contributed by atoms with Crippen molar-refractivity contribution in [2.75, 3.05) is 9.80 Å². The van der Waals surface area contributed by atoms with Crippen molar-refractivity contribution in [1.29, 1.82) is 0 Å². The quantitative estimate of drug-likeness (QED) is 0.580. The zero-order valence-corrected chi connectivity index (χ0v) is 17.7. The number of benzene rings is 3. The van der Waals surface area contributed by atoms with Gasteiger partial charge in [-0.15, -0.1) is 0 Å². The zero-order chi connectivity index (χ0) is 22.0. The number of anilines is 2. The van der Waals surface area contributed by atoms with Crippen molar-refractivity contribution in [2.24, 2.45) is 0 Å². The van der Waals surface area contributed by atoms with E-state index in [9.17, 15) is 14.0 Å². The molecule has 0 aromatic heterocycles. The number of halogens is 1. The van der Waals surface area contributed by atoms with Gasteiger partial charge in [0.05, 0.1) is 12.5 Å². The van der Waals surface area contributed by atoms with Crippen LogP contribution >= 0.6 is 0 Å². The van der Waals surface area contributed by atoms with E-state index in [4.69, 9.17) is 0 Å². The highest BCUT2D eigenvalue weighted by molar-refractivity contribution is 5.98. The summed E-state index contributed by atoms with van der Waals surface area (Å²) in [6, 6.07) is 23.1. The van der Waals surface area contributed by atoms with Gasteiger partial charge in [0.2, 0.25) is 11.8 Å². The second-order valence-corrected chi connectivity index (χ2v) is 7.95. The van der Waals surface area contributed by atoms with Gasteiger partial charge >= 0.3 is 0 Å². The van der Waals surface area contributed by atoms with Gasteiger partial charge in [-0.2, -0.15) is 0 Å². The minimum absolute atomic E-state index is 0.0118. The molecule has 2 unspecified atom stereocenters. The fraction of sp³-hybridized carbons (Fsp3) is 0.231. The number of fused-ring (bicyclic) bond motifs is 1. The molecule has 0 bridgehead atoms. The maximum absolute atomic E-state index is 13.6. The molecular formula is C26H25FN2O2. The lowest BCUT2D eigenvalue weighted by Gasteiger charge is -2.43. The van der Waals surface area contributed by atoms with Crippen molar-refractivity contribution in [3.8, 4) is 0 Å². The molecule has 2 atom stereocenters. The summed E-state index contributed by atoms with van der Waals surface area (Å²) in [4.78, 5) is 29.6. The van der Waals surface area contributed by atoms with Crippen molar-refractivity contribution in [1.82, 2.24) is 0 Å². The zero-order valence-electron chi connectivity index (χ0n) is 17.7. The Morgan fingerprint density at radius 3 is 2.29 bits per heavy atom. The highest BCUT2D eigenvalue weighted by Crippen LogP contribution is 2.42. The van der Waals surface area contributed by atoms with Gasteiger partial charge in [0.25, 0.3) is 0 Å². The van der Waals surface area contributed by atoms with E-state index >= 15 is 0 Å². The summed E-state index contributed by atoms with van der Waals surface area (Å²) < 4.78 is 13.3. The van der Waals surface area contributed by atoms with Gasteiger partial charge < -0.3 is 9.80 Å². The average molecular weight is 416 g/mol. The normalized spacial score (nSPS) is 17.7. The first-order valence-electron chi connectivity index (χ1n) is 10.5. The van der Waals surface area contributed by atoms with E-state index in [2.05, 4.69) is 0 Å². The van der Waals surface area contributed by atoms with Crippen LogP contribution in [-0.2, 0) is 16.0 Å².